The third-order valence-electron chi connectivity index (χ3n) is 4.00. The van der Waals surface area contributed by atoms with Gasteiger partial charge >= 0.3 is 0 Å². The first kappa shape index (κ1) is 14.0. The van der Waals surface area contributed by atoms with E-state index in [1.807, 2.05) is 48.6 Å². The normalized spacial score (nSPS) is 16.7. The maximum absolute atomic E-state index is 13.1. The summed E-state index contributed by atoms with van der Waals surface area (Å²) in [4.78, 5) is 0.300. The van der Waals surface area contributed by atoms with E-state index in [0.717, 1.165) is 23.3 Å². The van der Waals surface area contributed by atoms with Gasteiger partial charge in [0, 0.05) is 17.7 Å². The molecule has 0 aromatic heterocycles. The Kier molecular flexibility index (Phi) is 3.20. The number of hydrogen-bond acceptors (Lipinski definition) is 3. The van der Waals surface area contributed by atoms with Crippen LogP contribution in [0.1, 0.15) is 12.0 Å². The molecule has 2 aliphatic rings. The fourth-order valence-electron chi connectivity index (χ4n) is 2.67. The highest BCUT2D eigenvalue weighted by Gasteiger charge is 2.31. The number of benzene rings is 2. The van der Waals surface area contributed by atoms with E-state index in [2.05, 4.69) is 5.32 Å². The van der Waals surface area contributed by atoms with Crippen LogP contribution in [-0.2, 0) is 9.84 Å². The maximum Gasteiger partial charge on any atom is 0.222 e. The van der Waals surface area contributed by atoms with Crippen LogP contribution in [-0.4, -0.2) is 8.42 Å². The Hall–Kier alpha value is -2.59. The van der Waals surface area contributed by atoms with Crippen molar-refractivity contribution in [3.63, 3.8) is 0 Å². The number of sulfone groups is 1. The second-order valence-corrected chi connectivity index (χ2v) is 7.45. The highest BCUT2D eigenvalue weighted by molar-refractivity contribution is 7.95. The predicted octanol–water partition coefficient (Wildman–Crippen LogP) is 3.65. The minimum Gasteiger partial charge on any atom is -0.348 e. The fraction of sp³-hybridized carbons (Fsp3) is 0.0526. The van der Waals surface area contributed by atoms with Crippen molar-refractivity contribution in [1.82, 2.24) is 5.32 Å². The fourth-order valence-corrected chi connectivity index (χ4v) is 4.15. The van der Waals surface area contributed by atoms with Gasteiger partial charge in [0.1, 0.15) is 5.03 Å². The first-order valence-corrected chi connectivity index (χ1v) is 8.91. The molecule has 2 aromatic rings. The summed E-state index contributed by atoms with van der Waals surface area (Å²) in [5.74, 6) is 0. The second kappa shape index (κ2) is 5.25. The van der Waals surface area contributed by atoms with Crippen LogP contribution >= 0.6 is 0 Å². The van der Waals surface area contributed by atoms with E-state index < -0.39 is 9.84 Å². The van der Waals surface area contributed by atoms with E-state index in [1.165, 1.54) is 0 Å². The number of rotatable bonds is 3. The highest BCUT2D eigenvalue weighted by Crippen LogP contribution is 2.38. The molecule has 1 heterocycles. The Morgan fingerprint density at radius 1 is 0.826 bits per heavy atom. The molecule has 23 heavy (non-hydrogen) atoms. The van der Waals surface area contributed by atoms with Crippen LogP contribution in [0, 0.1) is 0 Å². The predicted molar refractivity (Wildman–Crippen MR) is 90.9 cm³/mol. The summed E-state index contributed by atoms with van der Waals surface area (Å²) in [6.07, 6.45) is 4.72. The zero-order valence-electron chi connectivity index (χ0n) is 12.4. The molecule has 0 spiro atoms. The van der Waals surface area contributed by atoms with Crippen LogP contribution in [0.4, 0.5) is 0 Å². The summed E-state index contributed by atoms with van der Waals surface area (Å²) in [5, 5.41) is 3.41. The van der Waals surface area contributed by atoms with Crippen molar-refractivity contribution in [2.45, 2.75) is 11.3 Å². The molecule has 0 unspecified atom stereocenters. The number of hydrogen-bond donors (Lipinski definition) is 1. The van der Waals surface area contributed by atoms with E-state index in [4.69, 9.17) is 0 Å². The molecule has 0 bridgehead atoms. The van der Waals surface area contributed by atoms with Crippen LogP contribution in [0.3, 0.4) is 0 Å². The van der Waals surface area contributed by atoms with E-state index >= 15 is 0 Å². The lowest BCUT2D eigenvalue weighted by atomic mass is 10.1. The minimum absolute atomic E-state index is 0.258. The number of nitrogens with one attached hydrogen (secondary N) is 1. The van der Waals surface area contributed by atoms with E-state index in [9.17, 15) is 8.42 Å². The Labute approximate surface area is 135 Å². The summed E-state index contributed by atoms with van der Waals surface area (Å²) in [7, 11) is -3.61. The topological polar surface area (TPSA) is 46.2 Å². The molecule has 0 saturated heterocycles. The van der Waals surface area contributed by atoms with Gasteiger partial charge in [-0.25, -0.2) is 8.42 Å². The van der Waals surface area contributed by atoms with Crippen molar-refractivity contribution in [2.75, 3.05) is 0 Å². The van der Waals surface area contributed by atoms with Gasteiger partial charge in [-0.05, 0) is 23.3 Å². The van der Waals surface area contributed by atoms with Crippen LogP contribution in [0.2, 0.25) is 0 Å². The van der Waals surface area contributed by atoms with E-state index in [0.29, 0.717) is 10.5 Å². The molecule has 0 radical (unpaired) electrons. The van der Waals surface area contributed by atoms with Crippen LogP contribution in [0.15, 0.2) is 94.0 Å². The van der Waals surface area contributed by atoms with Gasteiger partial charge < -0.3 is 5.32 Å². The Bertz CT molecular complexity index is 953. The van der Waals surface area contributed by atoms with E-state index in [1.54, 1.807) is 24.3 Å². The quantitative estimate of drug-likeness (QED) is 0.938. The molecule has 4 heteroatoms. The average Bonchev–Trinajstić information content (AvgIpc) is 3.34. The summed E-state index contributed by atoms with van der Waals surface area (Å²) >= 11 is 0. The lowest BCUT2D eigenvalue weighted by molar-refractivity contribution is 0.599. The van der Waals surface area contributed by atoms with Gasteiger partial charge in [0.2, 0.25) is 9.84 Å². The van der Waals surface area contributed by atoms with Gasteiger partial charge in [0.05, 0.1) is 4.90 Å². The lowest BCUT2D eigenvalue weighted by Crippen LogP contribution is -2.19. The van der Waals surface area contributed by atoms with Gasteiger partial charge in [0.15, 0.2) is 0 Å². The monoisotopic (exact) mass is 321 g/mol. The van der Waals surface area contributed by atoms with Gasteiger partial charge in [-0.15, -0.1) is 0 Å². The van der Waals surface area contributed by atoms with Crippen molar-refractivity contribution in [1.29, 1.82) is 0 Å². The summed E-state index contributed by atoms with van der Waals surface area (Å²) in [6.45, 7) is 0. The molecule has 0 amide bonds. The maximum atomic E-state index is 13.1. The van der Waals surface area contributed by atoms with Crippen molar-refractivity contribution >= 4 is 15.4 Å². The average molecular weight is 321 g/mol. The standard InChI is InChI=1S/C19H15NO2S/c21-23(22,16-9-5-2-6-10-16)19-17(14-7-3-1-4-8-14)12-11-15-13-18(15)20-19/h1-12,20H,13H2. The molecule has 1 aliphatic carbocycles. The third-order valence-corrected chi connectivity index (χ3v) is 5.75. The smallest absolute Gasteiger partial charge is 0.222 e. The number of allylic oxidation sites excluding steroid dienone is 5. The molecule has 1 N–H and O–H groups in total. The van der Waals surface area contributed by atoms with Crippen molar-refractivity contribution in [3.8, 4) is 0 Å². The molecule has 0 atom stereocenters. The molecule has 2 aromatic carbocycles. The SMILES string of the molecule is O=S(=O)(C1=C(c2ccccc2)C=CC2=C(C2)N1)c1ccccc1. The van der Waals surface area contributed by atoms with Gasteiger partial charge in [-0.1, -0.05) is 60.7 Å². The molecule has 3 nitrogen and oxygen atoms in total. The first-order chi connectivity index (χ1) is 11.2. The molecule has 114 valence electrons. The van der Waals surface area contributed by atoms with Crippen LogP contribution in [0.5, 0.6) is 0 Å². The Morgan fingerprint density at radius 3 is 2.17 bits per heavy atom. The van der Waals surface area contributed by atoms with Crippen molar-refractivity contribution < 1.29 is 8.42 Å². The molecule has 4 rings (SSSR count). The first-order valence-electron chi connectivity index (χ1n) is 7.43. The molecule has 0 saturated carbocycles. The molecular formula is C19H15NO2S. The lowest BCUT2D eigenvalue weighted by Gasteiger charge is -2.14. The summed E-state index contributed by atoms with van der Waals surface area (Å²) < 4.78 is 26.2. The van der Waals surface area contributed by atoms with Crippen LogP contribution in [0.25, 0.3) is 5.57 Å². The molecule has 0 fully saturated rings. The molecular weight excluding hydrogens is 306 g/mol. The van der Waals surface area contributed by atoms with Gasteiger partial charge in [0.25, 0.3) is 0 Å². The van der Waals surface area contributed by atoms with Crippen LogP contribution < -0.4 is 5.32 Å². The Morgan fingerprint density at radius 2 is 1.48 bits per heavy atom. The second-order valence-electron chi connectivity index (χ2n) is 5.56. The zero-order valence-corrected chi connectivity index (χ0v) is 13.2. The molecule has 1 aliphatic heterocycles. The zero-order chi connectivity index (χ0) is 15.9. The Balaban J connectivity index is 1.92. The minimum atomic E-state index is -3.61. The summed E-state index contributed by atoms with van der Waals surface area (Å²) in [5.41, 5.74) is 3.73. The van der Waals surface area contributed by atoms with E-state index in [-0.39, 0.29) is 5.03 Å². The third kappa shape index (κ3) is 2.51. The van der Waals surface area contributed by atoms with Crippen molar-refractivity contribution in [3.05, 3.63) is 94.7 Å². The summed E-state index contributed by atoms with van der Waals surface area (Å²) in [6, 6.07) is 18.1. The largest absolute Gasteiger partial charge is 0.348 e. The van der Waals surface area contributed by atoms with Crippen molar-refractivity contribution in [2.24, 2.45) is 0 Å². The van der Waals surface area contributed by atoms with Gasteiger partial charge in [-0.2, -0.15) is 0 Å². The van der Waals surface area contributed by atoms with Gasteiger partial charge in [-0.3, -0.25) is 0 Å². The highest BCUT2D eigenvalue weighted by atomic mass is 32.2.